The van der Waals surface area contributed by atoms with Crippen LogP contribution in [0.2, 0.25) is 5.02 Å². The number of amides is 2. The van der Waals surface area contributed by atoms with Crippen molar-refractivity contribution in [2.24, 2.45) is 5.73 Å². The van der Waals surface area contributed by atoms with Crippen LogP contribution in [0.1, 0.15) is 10.4 Å². The van der Waals surface area contributed by atoms with E-state index in [1.807, 2.05) is 29.6 Å². The Morgan fingerprint density at radius 3 is 2.60 bits per heavy atom. The van der Waals surface area contributed by atoms with Crippen LogP contribution in [0.15, 0.2) is 41.8 Å². The number of benzene rings is 2. The Bertz CT molecular complexity index is 1090. The van der Waals surface area contributed by atoms with Crippen LogP contribution >= 0.6 is 22.9 Å². The molecule has 1 heterocycles. The predicted molar refractivity (Wildman–Crippen MR) is 115 cm³/mol. The third kappa shape index (κ3) is 4.81. The first-order chi connectivity index (χ1) is 14.4. The number of para-hydroxylation sites is 1. The van der Waals surface area contributed by atoms with Crippen LogP contribution in [0.3, 0.4) is 0 Å². The first-order valence-corrected chi connectivity index (χ1v) is 9.87. The van der Waals surface area contributed by atoms with Gasteiger partial charge in [0.25, 0.3) is 11.8 Å². The summed E-state index contributed by atoms with van der Waals surface area (Å²) >= 11 is 7.47. The number of aromatic nitrogens is 1. The van der Waals surface area contributed by atoms with E-state index in [9.17, 15) is 9.59 Å². The lowest BCUT2D eigenvalue weighted by Crippen LogP contribution is -2.20. The maximum absolute atomic E-state index is 12.7. The molecule has 0 bridgehead atoms. The molecule has 156 valence electrons. The van der Waals surface area contributed by atoms with Crippen molar-refractivity contribution in [3.05, 3.63) is 52.4 Å². The zero-order chi connectivity index (χ0) is 21.7. The molecule has 1 aromatic heterocycles. The van der Waals surface area contributed by atoms with Crippen LogP contribution < -0.4 is 25.3 Å². The van der Waals surface area contributed by atoms with Crippen molar-refractivity contribution in [1.82, 2.24) is 4.98 Å². The molecule has 0 aliphatic rings. The normalized spacial score (nSPS) is 10.4. The van der Waals surface area contributed by atoms with Gasteiger partial charge >= 0.3 is 0 Å². The van der Waals surface area contributed by atoms with Gasteiger partial charge in [-0.3, -0.25) is 14.9 Å². The number of nitrogens with one attached hydrogen (secondary N) is 1. The molecule has 0 spiro atoms. The van der Waals surface area contributed by atoms with Gasteiger partial charge in [0.1, 0.15) is 5.75 Å². The number of carbonyl (C=O) groups excluding carboxylic acids is 2. The Labute approximate surface area is 181 Å². The standard InChI is InChI=1S/C20H18ClN3O5S/c1-27-15-6-4-3-5-12(15)14-10-30-20(23-14)24-19(26)11-7-13(21)18(16(8-11)28-2)29-9-17(22)25/h3-8,10H,9H2,1-2H3,(H2,22,25)(H,23,24,26). The summed E-state index contributed by atoms with van der Waals surface area (Å²) in [4.78, 5) is 28.1. The van der Waals surface area contributed by atoms with E-state index in [0.29, 0.717) is 16.6 Å². The number of rotatable bonds is 8. The number of carbonyl (C=O) groups is 2. The predicted octanol–water partition coefficient (Wildman–Crippen LogP) is 3.60. The van der Waals surface area contributed by atoms with E-state index in [4.69, 9.17) is 31.5 Å². The van der Waals surface area contributed by atoms with Gasteiger partial charge in [0.05, 0.1) is 24.9 Å². The molecule has 3 N–H and O–H groups in total. The van der Waals surface area contributed by atoms with Crippen molar-refractivity contribution in [3.8, 4) is 28.5 Å². The van der Waals surface area contributed by atoms with Crippen molar-refractivity contribution in [2.45, 2.75) is 0 Å². The van der Waals surface area contributed by atoms with Gasteiger partial charge in [0.2, 0.25) is 0 Å². The maximum atomic E-state index is 12.7. The number of thiazole rings is 1. The molecule has 0 saturated carbocycles. The average molecular weight is 448 g/mol. The fourth-order valence-corrected chi connectivity index (χ4v) is 3.59. The number of methoxy groups -OCH3 is 2. The van der Waals surface area contributed by atoms with E-state index >= 15 is 0 Å². The maximum Gasteiger partial charge on any atom is 0.257 e. The van der Waals surface area contributed by atoms with Gasteiger partial charge in [0.15, 0.2) is 23.2 Å². The molecular formula is C20H18ClN3O5S. The van der Waals surface area contributed by atoms with Crippen molar-refractivity contribution in [2.75, 3.05) is 26.1 Å². The number of nitrogens with zero attached hydrogens (tertiary/aromatic N) is 1. The molecule has 0 saturated heterocycles. The van der Waals surface area contributed by atoms with Crippen LogP contribution in [-0.2, 0) is 4.79 Å². The van der Waals surface area contributed by atoms with Gasteiger partial charge in [0, 0.05) is 16.5 Å². The molecule has 0 radical (unpaired) electrons. The quantitative estimate of drug-likeness (QED) is 0.545. The summed E-state index contributed by atoms with van der Waals surface area (Å²) in [6.07, 6.45) is 0. The van der Waals surface area contributed by atoms with Gasteiger partial charge in [-0.25, -0.2) is 4.98 Å². The minimum atomic E-state index is -0.662. The van der Waals surface area contributed by atoms with Crippen molar-refractivity contribution in [3.63, 3.8) is 0 Å². The lowest BCUT2D eigenvalue weighted by atomic mass is 10.1. The summed E-state index contributed by atoms with van der Waals surface area (Å²) in [5.41, 5.74) is 6.81. The Morgan fingerprint density at radius 1 is 1.17 bits per heavy atom. The Hall–Kier alpha value is -3.30. The third-order valence-corrected chi connectivity index (χ3v) is 5.00. The lowest BCUT2D eigenvalue weighted by Gasteiger charge is -2.13. The number of hydrogen-bond donors (Lipinski definition) is 2. The summed E-state index contributed by atoms with van der Waals surface area (Å²) < 4.78 is 15.8. The number of nitrogens with two attached hydrogens (primary N) is 1. The van der Waals surface area contributed by atoms with Gasteiger partial charge < -0.3 is 19.9 Å². The Morgan fingerprint density at radius 2 is 1.90 bits per heavy atom. The third-order valence-electron chi connectivity index (χ3n) is 3.96. The molecule has 0 atom stereocenters. The molecular weight excluding hydrogens is 430 g/mol. The van der Waals surface area contributed by atoms with Crippen LogP contribution in [0.4, 0.5) is 5.13 Å². The summed E-state index contributed by atoms with van der Waals surface area (Å²) in [7, 11) is 2.98. The largest absolute Gasteiger partial charge is 0.496 e. The zero-order valence-electron chi connectivity index (χ0n) is 16.1. The second kappa shape index (κ2) is 9.47. The van der Waals surface area contributed by atoms with Crippen LogP contribution in [0.25, 0.3) is 11.3 Å². The van der Waals surface area contributed by atoms with Crippen molar-refractivity contribution in [1.29, 1.82) is 0 Å². The summed E-state index contributed by atoms with van der Waals surface area (Å²) in [6, 6.07) is 10.3. The highest BCUT2D eigenvalue weighted by atomic mass is 35.5. The molecule has 30 heavy (non-hydrogen) atoms. The Balaban J connectivity index is 1.80. The van der Waals surface area contributed by atoms with Gasteiger partial charge in [-0.2, -0.15) is 0 Å². The fraction of sp³-hybridized carbons (Fsp3) is 0.150. The number of primary amides is 1. The highest BCUT2D eigenvalue weighted by molar-refractivity contribution is 7.14. The number of halogens is 1. The minimum Gasteiger partial charge on any atom is -0.496 e. The second-order valence-electron chi connectivity index (χ2n) is 5.94. The van der Waals surface area contributed by atoms with E-state index in [1.54, 1.807) is 7.11 Å². The van der Waals surface area contributed by atoms with Crippen LogP contribution in [-0.4, -0.2) is 37.6 Å². The van der Waals surface area contributed by atoms with Crippen LogP contribution in [0, 0.1) is 0 Å². The Kier molecular flexibility index (Phi) is 6.76. The smallest absolute Gasteiger partial charge is 0.257 e. The molecule has 8 nitrogen and oxygen atoms in total. The molecule has 3 aromatic rings. The molecule has 10 heteroatoms. The topological polar surface area (TPSA) is 113 Å². The highest BCUT2D eigenvalue weighted by Gasteiger charge is 2.18. The first kappa shape index (κ1) is 21.4. The number of anilines is 1. The van der Waals surface area contributed by atoms with Gasteiger partial charge in [-0.05, 0) is 24.3 Å². The zero-order valence-corrected chi connectivity index (χ0v) is 17.7. The van der Waals surface area contributed by atoms with E-state index in [0.717, 1.165) is 5.56 Å². The van der Waals surface area contributed by atoms with Crippen LogP contribution in [0.5, 0.6) is 17.2 Å². The summed E-state index contributed by atoms with van der Waals surface area (Å²) in [6.45, 7) is -0.369. The monoisotopic (exact) mass is 447 g/mol. The van der Waals surface area contributed by atoms with E-state index < -0.39 is 11.8 Å². The highest BCUT2D eigenvalue weighted by Crippen LogP contribution is 2.37. The van der Waals surface area contributed by atoms with Crippen molar-refractivity contribution >= 4 is 39.9 Å². The van der Waals surface area contributed by atoms with Gasteiger partial charge in [-0.15, -0.1) is 11.3 Å². The van der Waals surface area contributed by atoms with E-state index in [-0.39, 0.29) is 28.7 Å². The number of hydrogen-bond acceptors (Lipinski definition) is 7. The molecule has 3 rings (SSSR count). The lowest BCUT2D eigenvalue weighted by molar-refractivity contribution is -0.119. The molecule has 0 fully saturated rings. The summed E-state index contributed by atoms with van der Waals surface area (Å²) in [5.74, 6) is -0.0872. The first-order valence-electron chi connectivity index (χ1n) is 8.61. The molecule has 0 aliphatic carbocycles. The average Bonchev–Trinajstić information content (AvgIpc) is 3.20. The van der Waals surface area contributed by atoms with E-state index in [2.05, 4.69) is 10.3 Å². The van der Waals surface area contributed by atoms with Crippen molar-refractivity contribution < 1.29 is 23.8 Å². The SMILES string of the molecule is COc1ccccc1-c1csc(NC(=O)c2cc(Cl)c(OCC(N)=O)c(OC)c2)n1. The second-order valence-corrected chi connectivity index (χ2v) is 7.20. The van der Waals surface area contributed by atoms with Gasteiger partial charge in [-0.1, -0.05) is 23.7 Å². The molecule has 0 unspecified atom stereocenters. The summed E-state index contributed by atoms with van der Waals surface area (Å²) in [5, 5.41) is 5.07. The molecule has 0 aliphatic heterocycles. The van der Waals surface area contributed by atoms with E-state index in [1.165, 1.54) is 30.6 Å². The molecule has 2 aromatic carbocycles. The minimum absolute atomic E-state index is 0.106. The number of ether oxygens (including phenoxy) is 3. The molecule has 2 amide bonds. The fourth-order valence-electron chi connectivity index (χ4n) is 2.61.